The molecule has 2 heterocycles. The quantitative estimate of drug-likeness (QED) is 0.477. The monoisotopic (exact) mass is 331 g/mol. The molecule has 2 aliphatic heterocycles. The van der Waals surface area contributed by atoms with Crippen molar-refractivity contribution < 1.29 is 19.2 Å². The van der Waals surface area contributed by atoms with Crippen LogP contribution in [0.25, 0.3) is 0 Å². The van der Waals surface area contributed by atoms with E-state index in [4.69, 9.17) is 4.74 Å². The Bertz CT molecular complexity index is 753. The molecule has 0 aliphatic carbocycles. The second-order valence-corrected chi connectivity index (χ2v) is 6.40. The smallest absolute Gasteiger partial charge is 0.337 e. The molecule has 0 aromatic heterocycles. The predicted molar refractivity (Wildman–Crippen MR) is 83.3 cm³/mol. The fourth-order valence-electron chi connectivity index (χ4n) is 3.27. The Balaban J connectivity index is 2.07. The number of amides is 1. The van der Waals surface area contributed by atoms with Crippen molar-refractivity contribution in [3.05, 3.63) is 51.7 Å². The third-order valence-electron chi connectivity index (χ3n) is 4.33. The highest BCUT2D eigenvalue weighted by molar-refractivity contribution is 5.93. The Morgan fingerprint density at radius 1 is 1.33 bits per heavy atom. The van der Waals surface area contributed by atoms with Gasteiger partial charge < -0.3 is 4.74 Å². The van der Waals surface area contributed by atoms with E-state index < -0.39 is 22.5 Å². The number of ether oxygens (including phenoxy) is 1. The number of fused-ring (bicyclic) bond motifs is 1. The van der Waals surface area contributed by atoms with Crippen LogP contribution in [0.3, 0.4) is 0 Å². The molecule has 1 unspecified atom stereocenters. The van der Waals surface area contributed by atoms with Crippen LogP contribution in [0.4, 0.5) is 5.69 Å². The van der Waals surface area contributed by atoms with Crippen LogP contribution in [0.2, 0.25) is 0 Å². The normalized spacial score (nSPS) is 22.3. The summed E-state index contributed by atoms with van der Waals surface area (Å²) in [6, 6.07) is 5.44. The van der Waals surface area contributed by atoms with Crippen molar-refractivity contribution in [1.29, 1.82) is 0 Å². The SMILES string of the molecule is COC(=O)C1=CN2C(=O)CC(C)(C)N2C1c1ccc([N+](=O)[O-])cc1. The molecule has 1 aromatic rings. The minimum absolute atomic E-state index is 0.0334. The summed E-state index contributed by atoms with van der Waals surface area (Å²) in [6.07, 6.45) is 1.82. The van der Waals surface area contributed by atoms with Gasteiger partial charge in [0.15, 0.2) is 0 Å². The van der Waals surface area contributed by atoms with E-state index in [9.17, 15) is 19.7 Å². The molecule has 0 radical (unpaired) electrons. The van der Waals surface area contributed by atoms with E-state index in [2.05, 4.69) is 0 Å². The minimum atomic E-state index is -0.531. The summed E-state index contributed by atoms with van der Waals surface area (Å²) in [4.78, 5) is 34.8. The van der Waals surface area contributed by atoms with Crippen LogP contribution in [-0.2, 0) is 14.3 Å². The van der Waals surface area contributed by atoms with E-state index >= 15 is 0 Å². The van der Waals surface area contributed by atoms with Gasteiger partial charge in [-0.25, -0.2) is 9.80 Å². The van der Waals surface area contributed by atoms with Crippen molar-refractivity contribution >= 4 is 17.6 Å². The van der Waals surface area contributed by atoms with Crippen LogP contribution in [0, 0.1) is 10.1 Å². The molecule has 0 spiro atoms. The van der Waals surface area contributed by atoms with Crippen LogP contribution in [0.1, 0.15) is 31.9 Å². The third kappa shape index (κ3) is 2.35. The molecule has 1 saturated heterocycles. The number of benzene rings is 1. The Hall–Kier alpha value is -2.74. The molecule has 3 rings (SSSR count). The van der Waals surface area contributed by atoms with Crippen LogP contribution < -0.4 is 0 Å². The summed E-state index contributed by atoms with van der Waals surface area (Å²) >= 11 is 0. The molecular formula is C16H17N3O5. The van der Waals surface area contributed by atoms with Crippen molar-refractivity contribution in [1.82, 2.24) is 10.0 Å². The Labute approximate surface area is 138 Å². The maximum atomic E-state index is 12.2. The van der Waals surface area contributed by atoms with Crippen LogP contribution in [0.15, 0.2) is 36.0 Å². The zero-order valence-electron chi connectivity index (χ0n) is 13.6. The molecular weight excluding hydrogens is 314 g/mol. The van der Waals surface area contributed by atoms with Gasteiger partial charge >= 0.3 is 5.97 Å². The molecule has 0 N–H and O–H groups in total. The second-order valence-electron chi connectivity index (χ2n) is 6.40. The molecule has 2 aliphatic rings. The molecule has 8 heteroatoms. The zero-order valence-corrected chi connectivity index (χ0v) is 13.6. The summed E-state index contributed by atoms with van der Waals surface area (Å²) in [7, 11) is 1.28. The zero-order chi connectivity index (χ0) is 17.6. The first-order chi connectivity index (χ1) is 11.3. The van der Waals surface area contributed by atoms with Crippen LogP contribution in [0.5, 0.6) is 0 Å². The first-order valence-electron chi connectivity index (χ1n) is 7.42. The maximum Gasteiger partial charge on any atom is 0.337 e. The fraction of sp³-hybridized carbons (Fsp3) is 0.375. The van der Waals surface area contributed by atoms with E-state index in [1.165, 1.54) is 30.5 Å². The number of nitro benzene ring substituents is 1. The topological polar surface area (TPSA) is 93.0 Å². The van der Waals surface area contributed by atoms with Crippen molar-refractivity contribution in [2.24, 2.45) is 0 Å². The molecule has 8 nitrogen and oxygen atoms in total. The molecule has 1 fully saturated rings. The minimum Gasteiger partial charge on any atom is -0.466 e. The van der Waals surface area contributed by atoms with Crippen molar-refractivity contribution in [2.75, 3.05) is 7.11 Å². The van der Waals surface area contributed by atoms with Gasteiger partial charge in [0.2, 0.25) is 5.91 Å². The van der Waals surface area contributed by atoms with Gasteiger partial charge in [-0.2, -0.15) is 5.01 Å². The number of carbonyl (C=O) groups is 2. The number of hydrogen-bond donors (Lipinski definition) is 0. The average molecular weight is 331 g/mol. The van der Waals surface area contributed by atoms with Crippen LogP contribution in [-0.4, -0.2) is 39.5 Å². The van der Waals surface area contributed by atoms with Gasteiger partial charge in [-0.1, -0.05) is 12.1 Å². The van der Waals surface area contributed by atoms with Crippen molar-refractivity contribution in [2.45, 2.75) is 31.8 Å². The molecule has 0 bridgehead atoms. The average Bonchev–Trinajstić information content (AvgIpc) is 3.04. The number of carbonyl (C=O) groups excluding carboxylic acids is 2. The molecule has 1 atom stereocenters. The lowest BCUT2D eigenvalue weighted by Gasteiger charge is -2.36. The highest BCUT2D eigenvalue weighted by atomic mass is 16.6. The van der Waals surface area contributed by atoms with Crippen molar-refractivity contribution in [3.8, 4) is 0 Å². The summed E-state index contributed by atoms with van der Waals surface area (Å²) < 4.78 is 4.84. The Morgan fingerprint density at radius 2 is 1.96 bits per heavy atom. The molecule has 1 aromatic carbocycles. The van der Waals surface area contributed by atoms with Gasteiger partial charge in [0, 0.05) is 30.3 Å². The largest absolute Gasteiger partial charge is 0.466 e. The summed E-state index contributed by atoms with van der Waals surface area (Å²) in [6.45, 7) is 3.83. The number of nitro groups is 1. The summed E-state index contributed by atoms with van der Waals surface area (Å²) in [5.41, 5.74) is 0.486. The number of hydrogen-bond acceptors (Lipinski definition) is 6. The second kappa shape index (κ2) is 5.41. The number of methoxy groups -OCH3 is 1. The molecule has 126 valence electrons. The Morgan fingerprint density at radius 3 is 2.50 bits per heavy atom. The standard InChI is InChI=1S/C16H17N3O5/c1-16(2)8-13(20)17-9-12(15(21)24-3)14(18(16)17)10-4-6-11(7-5-10)19(22)23/h4-7,9,14H,8H2,1-3H3. The summed E-state index contributed by atoms with van der Waals surface area (Å²) in [5.74, 6) is -0.637. The number of nitrogens with zero attached hydrogens (tertiary/aromatic N) is 3. The van der Waals surface area contributed by atoms with E-state index in [0.29, 0.717) is 17.6 Å². The van der Waals surface area contributed by atoms with Gasteiger partial charge in [-0.05, 0) is 19.4 Å². The van der Waals surface area contributed by atoms with Crippen molar-refractivity contribution in [3.63, 3.8) is 0 Å². The number of hydrazine groups is 1. The lowest BCUT2D eigenvalue weighted by atomic mass is 9.93. The Kier molecular flexibility index (Phi) is 3.64. The van der Waals surface area contributed by atoms with Gasteiger partial charge in [-0.3, -0.25) is 14.9 Å². The number of non-ortho nitro benzene ring substituents is 1. The molecule has 1 amide bonds. The maximum absolute atomic E-state index is 12.2. The first-order valence-corrected chi connectivity index (χ1v) is 7.42. The highest BCUT2D eigenvalue weighted by Gasteiger charge is 2.53. The van der Waals surface area contributed by atoms with E-state index in [-0.39, 0.29) is 11.6 Å². The van der Waals surface area contributed by atoms with E-state index in [0.717, 1.165) is 0 Å². The third-order valence-corrected chi connectivity index (χ3v) is 4.33. The van der Waals surface area contributed by atoms with E-state index in [1.54, 1.807) is 12.1 Å². The summed E-state index contributed by atoms with van der Waals surface area (Å²) in [5, 5.41) is 14.1. The molecule has 0 saturated carbocycles. The lowest BCUT2D eigenvalue weighted by molar-refractivity contribution is -0.384. The lowest BCUT2D eigenvalue weighted by Crippen LogP contribution is -2.44. The first kappa shape index (κ1) is 16.1. The van der Waals surface area contributed by atoms with Gasteiger partial charge in [0.25, 0.3) is 5.69 Å². The number of rotatable bonds is 3. The van der Waals surface area contributed by atoms with Gasteiger partial charge in [0.05, 0.1) is 23.6 Å². The predicted octanol–water partition coefficient (Wildman–Crippen LogP) is 1.93. The highest BCUT2D eigenvalue weighted by Crippen LogP contribution is 2.46. The van der Waals surface area contributed by atoms with Gasteiger partial charge in [0.1, 0.15) is 0 Å². The van der Waals surface area contributed by atoms with Gasteiger partial charge in [-0.15, -0.1) is 0 Å². The number of esters is 1. The van der Waals surface area contributed by atoms with E-state index in [1.807, 2.05) is 18.9 Å². The fourth-order valence-corrected chi connectivity index (χ4v) is 3.27. The molecule has 24 heavy (non-hydrogen) atoms. The van der Waals surface area contributed by atoms with Crippen LogP contribution >= 0.6 is 0 Å².